The van der Waals surface area contributed by atoms with Crippen LogP contribution < -0.4 is 14.4 Å². The van der Waals surface area contributed by atoms with Crippen LogP contribution in [0.3, 0.4) is 0 Å². The molecule has 1 heterocycles. The second-order valence-electron chi connectivity index (χ2n) is 6.89. The summed E-state index contributed by atoms with van der Waals surface area (Å²) >= 11 is 5.93. The molecule has 0 N–H and O–H groups in total. The van der Waals surface area contributed by atoms with Gasteiger partial charge >= 0.3 is 6.08 Å². The molecule has 0 bridgehead atoms. The lowest BCUT2D eigenvalue weighted by Crippen LogP contribution is -2.38. The van der Waals surface area contributed by atoms with Gasteiger partial charge < -0.3 is 18.8 Å². The zero-order valence-corrected chi connectivity index (χ0v) is 17.8. The Balaban J connectivity index is 1.41. The fourth-order valence-electron chi connectivity index (χ4n) is 3.05. The number of oxazole rings is 1. The minimum absolute atomic E-state index is 0.0491. The van der Waals surface area contributed by atoms with Gasteiger partial charge in [0.1, 0.15) is 34.3 Å². The number of fused-ring (bicyclic) bond motifs is 1. The molecular formula is C23H17ClF2N2O4. The number of nitrogens with zero attached hydrogens (tertiary/aromatic N) is 2. The number of aromatic nitrogens is 1. The lowest BCUT2D eigenvalue weighted by molar-refractivity contribution is -0.124. The topological polar surface area (TPSA) is 64.8 Å². The summed E-state index contributed by atoms with van der Waals surface area (Å²) in [6.07, 6.45) is -0.944. The highest BCUT2D eigenvalue weighted by atomic mass is 35.5. The van der Waals surface area contributed by atoms with Crippen molar-refractivity contribution >= 4 is 34.3 Å². The molecule has 0 unspecified atom stereocenters. The largest absolute Gasteiger partial charge is 0.481 e. The van der Waals surface area contributed by atoms with Crippen molar-refractivity contribution in [3.63, 3.8) is 0 Å². The summed E-state index contributed by atoms with van der Waals surface area (Å²) in [4.78, 5) is 17.7. The van der Waals surface area contributed by atoms with E-state index >= 15 is 0 Å². The van der Waals surface area contributed by atoms with Gasteiger partial charge in [-0.25, -0.2) is 8.78 Å². The quantitative estimate of drug-likeness (QED) is 0.355. The molecule has 32 heavy (non-hydrogen) atoms. The lowest BCUT2D eigenvalue weighted by Gasteiger charge is -2.23. The van der Waals surface area contributed by atoms with Crippen LogP contribution in [0.5, 0.6) is 17.6 Å². The number of rotatable bonds is 6. The van der Waals surface area contributed by atoms with Crippen LogP contribution in [0, 0.1) is 11.6 Å². The zero-order valence-electron chi connectivity index (χ0n) is 17.0. The molecule has 3 aromatic carbocycles. The van der Waals surface area contributed by atoms with Crippen LogP contribution in [0.4, 0.5) is 14.5 Å². The number of ether oxygens (including phenoxy) is 2. The molecule has 9 heteroatoms. The number of benzene rings is 3. The minimum atomic E-state index is -0.993. The molecule has 4 rings (SSSR count). The second-order valence-corrected chi connectivity index (χ2v) is 7.33. The van der Waals surface area contributed by atoms with Crippen LogP contribution in [0.1, 0.15) is 6.92 Å². The number of likely N-dealkylation sites (N-methyl/N-ethyl adjacent to an activating group) is 1. The number of hydrogen-bond donors (Lipinski definition) is 0. The number of carbonyl (C=O) groups excluding carboxylic acids is 1. The van der Waals surface area contributed by atoms with Crippen molar-refractivity contribution in [2.75, 3.05) is 11.9 Å². The Morgan fingerprint density at radius 3 is 2.41 bits per heavy atom. The van der Waals surface area contributed by atoms with E-state index in [0.717, 1.165) is 17.0 Å². The van der Waals surface area contributed by atoms with E-state index in [1.807, 2.05) is 0 Å². The first kappa shape index (κ1) is 21.6. The van der Waals surface area contributed by atoms with E-state index in [-0.39, 0.29) is 6.08 Å². The van der Waals surface area contributed by atoms with E-state index < -0.39 is 29.3 Å². The normalized spacial score (nSPS) is 11.9. The van der Waals surface area contributed by atoms with Crippen molar-refractivity contribution in [3.05, 3.63) is 77.3 Å². The predicted molar refractivity (Wildman–Crippen MR) is 115 cm³/mol. The third-order valence-electron chi connectivity index (χ3n) is 4.62. The van der Waals surface area contributed by atoms with Crippen LogP contribution in [-0.4, -0.2) is 24.0 Å². The summed E-state index contributed by atoms with van der Waals surface area (Å²) in [5.74, 6) is -1.49. The number of hydrogen-bond acceptors (Lipinski definition) is 5. The highest BCUT2D eigenvalue weighted by Gasteiger charge is 2.25. The van der Waals surface area contributed by atoms with Gasteiger partial charge in [-0.1, -0.05) is 17.7 Å². The number of halogens is 3. The van der Waals surface area contributed by atoms with Gasteiger partial charge in [0.2, 0.25) is 0 Å². The number of carbonyl (C=O) groups is 1. The Bertz CT molecular complexity index is 1260. The fourth-order valence-corrected chi connectivity index (χ4v) is 3.22. The Morgan fingerprint density at radius 1 is 1.06 bits per heavy atom. The van der Waals surface area contributed by atoms with E-state index in [2.05, 4.69) is 4.98 Å². The molecule has 0 fully saturated rings. The smallest absolute Gasteiger partial charge is 0.400 e. The van der Waals surface area contributed by atoms with Crippen molar-refractivity contribution in [1.29, 1.82) is 0 Å². The summed E-state index contributed by atoms with van der Waals surface area (Å²) in [6.45, 7) is 1.49. The summed E-state index contributed by atoms with van der Waals surface area (Å²) in [5, 5.41) is 0.522. The summed E-state index contributed by atoms with van der Waals surface area (Å²) in [5.41, 5.74) is 0.665. The van der Waals surface area contributed by atoms with Crippen LogP contribution in [0.2, 0.25) is 5.02 Å². The van der Waals surface area contributed by atoms with E-state index in [9.17, 15) is 13.6 Å². The fraction of sp³-hybridized carbons (Fsp3) is 0.130. The highest BCUT2D eigenvalue weighted by Crippen LogP contribution is 2.29. The number of para-hydroxylation sites is 1. The van der Waals surface area contributed by atoms with Gasteiger partial charge in [0, 0.05) is 18.1 Å². The Kier molecular flexibility index (Phi) is 5.96. The summed E-state index contributed by atoms with van der Waals surface area (Å²) in [6, 6.07) is 14.8. The zero-order chi connectivity index (χ0) is 22.8. The molecule has 1 aromatic heterocycles. The second kappa shape index (κ2) is 8.84. The van der Waals surface area contributed by atoms with Crippen LogP contribution in [0.25, 0.3) is 11.1 Å². The van der Waals surface area contributed by atoms with Crippen molar-refractivity contribution in [2.24, 2.45) is 0 Å². The van der Waals surface area contributed by atoms with Gasteiger partial charge in [0.05, 0.1) is 0 Å². The average Bonchev–Trinajstić information content (AvgIpc) is 3.15. The number of amides is 1. The minimum Gasteiger partial charge on any atom is -0.481 e. The molecule has 164 valence electrons. The highest BCUT2D eigenvalue weighted by molar-refractivity contribution is 6.31. The molecule has 0 aliphatic heterocycles. The summed E-state index contributed by atoms with van der Waals surface area (Å²) in [7, 11) is 1.29. The SMILES string of the molecule is C[C@@H](Oc1ccc(Oc2nc3ccc(Cl)cc3o2)cc1)C(=O)N(C)c1c(F)cccc1F. The maximum absolute atomic E-state index is 14.0. The standard InChI is InChI=1S/C23H17ClF2N2O4/c1-13(22(29)28(2)21-17(25)4-3-5-18(21)26)30-15-7-9-16(10-8-15)31-23-27-19-11-6-14(24)12-20(19)32-23/h3-13H,1-2H3/t13-/m1/s1. The van der Waals surface area contributed by atoms with Crippen molar-refractivity contribution < 1.29 is 27.5 Å². The van der Waals surface area contributed by atoms with Gasteiger partial charge in [0.25, 0.3) is 5.91 Å². The molecule has 0 radical (unpaired) electrons. The third kappa shape index (κ3) is 4.50. The van der Waals surface area contributed by atoms with E-state index in [4.69, 9.17) is 25.5 Å². The maximum atomic E-state index is 14.0. The van der Waals surface area contributed by atoms with Crippen molar-refractivity contribution in [3.8, 4) is 17.6 Å². The van der Waals surface area contributed by atoms with Crippen molar-refractivity contribution in [2.45, 2.75) is 13.0 Å². The first-order chi connectivity index (χ1) is 15.3. The molecule has 0 aliphatic carbocycles. The molecule has 1 amide bonds. The molecule has 4 aromatic rings. The molecule has 0 spiro atoms. The molecular weight excluding hydrogens is 442 g/mol. The van der Waals surface area contributed by atoms with E-state index in [1.54, 1.807) is 42.5 Å². The Labute approximate surface area is 186 Å². The van der Waals surface area contributed by atoms with Gasteiger partial charge in [-0.2, -0.15) is 4.98 Å². The predicted octanol–water partition coefficient (Wildman–Crippen LogP) is 5.98. The monoisotopic (exact) mass is 458 g/mol. The van der Waals surface area contributed by atoms with Crippen LogP contribution in [-0.2, 0) is 4.79 Å². The Morgan fingerprint density at radius 2 is 1.72 bits per heavy atom. The van der Waals surface area contributed by atoms with Crippen molar-refractivity contribution in [1.82, 2.24) is 4.98 Å². The third-order valence-corrected chi connectivity index (χ3v) is 4.86. The van der Waals surface area contributed by atoms with E-state index in [0.29, 0.717) is 27.6 Å². The van der Waals surface area contributed by atoms with Gasteiger partial charge in [-0.05, 0) is 55.5 Å². The molecule has 1 atom stereocenters. The average molecular weight is 459 g/mol. The van der Waals surface area contributed by atoms with Gasteiger partial charge in [0.15, 0.2) is 11.7 Å². The molecule has 0 aliphatic rings. The van der Waals surface area contributed by atoms with Crippen LogP contribution >= 0.6 is 11.6 Å². The van der Waals surface area contributed by atoms with Crippen LogP contribution in [0.15, 0.2) is 65.1 Å². The molecule has 0 saturated carbocycles. The van der Waals surface area contributed by atoms with E-state index in [1.165, 1.54) is 20.0 Å². The molecule has 6 nitrogen and oxygen atoms in total. The first-order valence-electron chi connectivity index (χ1n) is 9.54. The first-order valence-corrected chi connectivity index (χ1v) is 9.92. The lowest BCUT2D eigenvalue weighted by atomic mass is 10.2. The summed E-state index contributed by atoms with van der Waals surface area (Å²) < 4.78 is 44.6. The number of anilines is 1. The molecule has 0 saturated heterocycles. The maximum Gasteiger partial charge on any atom is 0.400 e. The Hall–Kier alpha value is -3.65. The van der Waals surface area contributed by atoms with Gasteiger partial charge in [-0.3, -0.25) is 4.79 Å². The van der Waals surface area contributed by atoms with Gasteiger partial charge in [-0.15, -0.1) is 0 Å².